The van der Waals surface area contributed by atoms with E-state index in [9.17, 15) is 24.6 Å². The topological polar surface area (TPSA) is 223 Å². The van der Waals surface area contributed by atoms with Crippen molar-refractivity contribution in [1.29, 1.82) is 0 Å². The van der Waals surface area contributed by atoms with Crippen molar-refractivity contribution >= 4 is 46.2 Å². The summed E-state index contributed by atoms with van der Waals surface area (Å²) in [5.74, 6) is -0.409. The number of fused-ring (bicyclic) bond motifs is 6. The largest absolute Gasteiger partial charge is 0.393 e. The van der Waals surface area contributed by atoms with Crippen molar-refractivity contribution in [3.8, 4) is 0 Å². The SMILES string of the molecule is C[C@@H]1CC2C3CCC4=CC(=O)C=C[C@]4(C)C3[C@@H](O)C[C@]2(C)[C@@]1(O)C(=O)NCCCCCNC(=O)c1ccc(N(C)Cc2cnc3nc(N)nc(N)c3n2)cc1. The van der Waals surface area contributed by atoms with Gasteiger partial charge < -0.3 is 37.2 Å². The minimum absolute atomic E-state index is 0.000368. The number of hydrogen-bond donors (Lipinski definition) is 6. The molecule has 2 aromatic heterocycles. The van der Waals surface area contributed by atoms with Crippen LogP contribution < -0.4 is 27.0 Å². The smallest absolute Gasteiger partial charge is 0.252 e. The molecular weight excluding hydrogens is 699 g/mol. The lowest BCUT2D eigenvalue weighted by molar-refractivity contribution is -0.183. The number of aliphatic hydroxyl groups is 2. The number of aromatic nitrogens is 4. The number of nitrogen functional groups attached to an aromatic ring is 2. The molecule has 7 rings (SSSR count). The van der Waals surface area contributed by atoms with Crippen LogP contribution in [0.15, 0.2) is 54.3 Å². The fraction of sp³-hybridized carbons (Fsp3) is 0.537. The number of amides is 2. The first kappa shape index (κ1) is 38.3. The van der Waals surface area contributed by atoms with Crippen LogP contribution in [0, 0.1) is 34.5 Å². The van der Waals surface area contributed by atoms with Gasteiger partial charge in [-0.2, -0.15) is 9.97 Å². The Bertz CT molecular complexity index is 2060. The first-order chi connectivity index (χ1) is 26.2. The number of carbonyl (C=O) groups is 3. The molecular formula is C41H53N9O5. The molecule has 4 aliphatic carbocycles. The van der Waals surface area contributed by atoms with E-state index in [-0.39, 0.29) is 53.0 Å². The molecule has 2 heterocycles. The average molecular weight is 752 g/mol. The number of anilines is 3. The summed E-state index contributed by atoms with van der Waals surface area (Å²) in [6.45, 7) is 7.43. The van der Waals surface area contributed by atoms with Crippen LogP contribution in [0.3, 0.4) is 0 Å². The number of aliphatic hydroxyl groups excluding tert-OH is 1. The number of nitrogens with two attached hydrogens (primary N) is 2. The summed E-state index contributed by atoms with van der Waals surface area (Å²) in [6.07, 6.45) is 11.2. The van der Waals surface area contributed by atoms with E-state index in [1.807, 2.05) is 44.0 Å². The minimum atomic E-state index is -1.60. The van der Waals surface area contributed by atoms with Gasteiger partial charge in [-0.25, -0.2) is 9.97 Å². The third-order valence-corrected chi connectivity index (χ3v) is 13.3. The molecule has 8 N–H and O–H groups in total. The van der Waals surface area contributed by atoms with Gasteiger partial charge in [-0.3, -0.25) is 14.4 Å². The summed E-state index contributed by atoms with van der Waals surface area (Å²) >= 11 is 0. The van der Waals surface area contributed by atoms with Gasteiger partial charge in [-0.05, 0) is 99.1 Å². The van der Waals surface area contributed by atoms with Crippen LogP contribution in [0.5, 0.6) is 0 Å². The number of unbranched alkanes of at least 4 members (excludes halogenated alkanes) is 2. The van der Waals surface area contributed by atoms with Gasteiger partial charge in [0.1, 0.15) is 0 Å². The van der Waals surface area contributed by atoms with Gasteiger partial charge in [0.15, 0.2) is 28.4 Å². The monoisotopic (exact) mass is 751 g/mol. The zero-order chi connectivity index (χ0) is 39.3. The number of nitrogens with one attached hydrogen (secondary N) is 2. The molecule has 0 aliphatic heterocycles. The lowest BCUT2D eigenvalue weighted by Crippen LogP contribution is -2.64. The van der Waals surface area contributed by atoms with Crippen molar-refractivity contribution in [2.45, 2.75) is 84.0 Å². The van der Waals surface area contributed by atoms with E-state index in [1.165, 1.54) is 0 Å². The molecule has 3 unspecified atom stereocenters. The number of carbonyl (C=O) groups excluding carboxylic acids is 3. The van der Waals surface area contributed by atoms with Crippen molar-refractivity contribution in [3.05, 3.63) is 65.5 Å². The Morgan fingerprint density at radius 1 is 1.04 bits per heavy atom. The first-order valence-corrected chi connectivity index (χ1v) is 19.4. The summed E-state index contributed by atoms with van der Waals surface area (Å²) in [5, 5.41) is 29.9. The van der Waals surface area contributed by atoms with Gasteiger partial charge in [-0.15, -0.1) is 0 Å². The fourth-order valence-corrected chi connectivity index (χ4v) is 10.5. The zero-order valence-corrected chi connectivity index (χ0v) is 32.1. The molecule has 3 aromatic rings. The molecule has 3 saturated carbocycles. The maximum atomic E-state index is 13.8. The Morgan fingerprint density at radius 3 is 2.51 bits per heavy atom. The normalized spacial score (nSPS) is 30.9. The van der Waals surface area contributed by atoms with Crippen LogP contribution in [-0.2, 0) is 16.1 Å². The lowest BCUT2D eigenvalue weighted by atomic mass is 9.46. The number of allylic oxidation sites excluding steroid dienone is 4. The summed E-state index contributed by atoms with van der Waals surface area (Å²) in [4.78, 5) is 57.7. The maximum Gasteiger partial charge on any atom is 0.252 e. The Hall–Kier alpha value is -4.95. The lowest BCUT2D eigenvalue weighted by Gasteiger charge is -2.59. The van der Waals surface area contributed by atoms with Crippen LogP contribution in [0.2, 0.25) is 0 Å². The summed E-state index contributed by atoms with van der Waals surface area (Å²) in [6, 6.07) is 7.30. The molecule has 8 atom stereocenters. The van der Waals surface area contributed by atoms with Gasteiger partial charge in [0.05, 0.1) is 24.5 Å². The van der Waals surface area contributed by atoms with E-state index >= 15 is 0 Å². The predicted octanol–water partition coefficient (Wildman–Crippen LogP) is 3.49. The van der Waals surface area contributed by atoms with Gasteiger partial charge in [0, 0.05) is 48.1 Å². The standard InChI is InChI=1S/C41H53N9O5/c1-23-18-30-29-13-10-25-19-28(51)14-15-39(25,2)32(29)31(52)20-40(30,3)41(23,55)37(54)45-17-7-5-6-16-44-36(53)24-8-11-27(12-9-24)50(4)22-26-21-46-35-33(47-26)34(42)48-38(43)49-35/h8-9,11-12,14-15,19,21,23,29-32,52,55H,5-7,10,13,16-18,20,22H2,1-4H3,(H,44,53)(H,45,54)(H4,42,43,46,48,49)/t23-,29?,30?,31+,32?,39+,40+,41+/m1/s1. The van der Waals surface area contributed by atoms with Gasteiger partial charge in [0.25, 0.3) is 11.8 Å². The average Bonchev–Trinajstić information content (AvgIpc) is 3.35. The molecule has 2 amide bonds. The highest BCUT2D eigenvalue weighted by Crippen LogP contribution is 2.68. The number of benzene rings is 1. The minimum Gasteiger partial charge on any atom is -0.393 e. The zero-order valence-electron chi connectivity index (χ0n) is 32.1. The second-order valence-corrected chi connectivity index (χ2v) is 16.6. The summed E-state index contributed by atoms with van der Waals surface area (Å²) < 4.78 is 0. The third kappa shape index (κ3) is 6.73. The van der Waals surface area contributed by atoms with E-state index in [0.29, 0.717) is 61.3 Å². The van der Waals surface area contributed by atoms with E-state index < -0.39 is 22.5 Å². The Morgan fingerprint density at radius 2 is 1.76 bits per heavy atom. The van der Waals surface area contributed by atoms with Crippen molar-refractivity contribution in [2.75, 3.05) is 36.5 Å². The summed E-state index contributed by atoms with van der Waals surface area (Å²) in [7, 11) is 1.91. The Kier molecular flexibility index (Phi) is 10.2. The maximum absolute atomic E-state index is 13.8. The summed E-state index contributed by atoms with van der Waals surface area (Å²) in [5.41, 5.74) is 12.8. The molecule has 14 heteroatoms. The quantitative estimate of drug-likeness (QED) is 0.155. The van der Waals surface area contributed by atoms with Gasteiger partial charge in [-0.1, -0.05) is 32.4 Å². The van der Waals surface area contributed by atoms with Crippen LogP contribution >= 0.6 is 0 Å². The number of nitrogens with zero attached hydrogens (tertiary/aromatic N) is 5. The molecule has 14 nitrogen and oxygen atoms in total. The Balaban J connectivity index is 0.857. The molecule has 0 radical (unpaired) electrons. The fourth-order valence-electron chi connectivity index (χ4n) is 10.5. The van der Waals surface area contributed by atoms with E-state index in [1.54, 1.807) is 30.5 Å². The van der Waals surface area contributed by atoms with E-state index in [2.05, 4.69) is 37.5 Å². The predicted molar refractivity (Wildman–Crippen MR) is 209 cm³/mol. The first-order valence-electron chi connectivity index (χ1n) is 19.4. The van der Waals surface area contributed by atoms with E-state index in [0.717, 1.165) is 36.9 Å². The molecule has 0 spiro atoms. The Labute approximate surface area is 321 Å². The number of ketones is 1. The van der Waals surface area contributed by atoms with Crippen molar-refractivity contribution < 1.29 is 24.6 Å². The van der Waals surface area contributed by atoms with E-state index in [4.69, 9.17) is 11.5 Å². The highest BCUT2D eigenvalue weighted by molar-refractivity contribution is 6.01. The van der Waals surface area contributed by atoms with Crippen LogP contribution in [-0.4, -0.2) is 79.6 Å². The highest BCUT2D eigenvalue weighted by Gasteiger charge is 2.70. The van der Waals surface area contributed by atoms with Crippen LogP contribution in [0.25, 0.3) is 11.2 Å². The molecule has 292 valence electrons. The molecule has 1 aromatic carbocycles. The third-order valence-electron chi connectivity index (χ3n) is 13.3. The highest BCUT2D eigenvalue weighted by atomic mass is 16.3. The molecule has 55 heavy (non-hydrogen) atoms. The second kappa shape index (κ2) is 14.6. The van der Waals surface area contributed by atoms with Gasteiger partial charge >= 0.3 is 0 Å². The molecule has 0 saturated heterocycles. The molecule has 3 fully saturated rings. The van der Waals surface area contributed by atoms with Gasteiger partial charge in [0.2, 0.25) is 5.95 Å². The second-order valence-electron chi connectivity index (χ2n) is 16.6. The van der Waals surface area contributed by atoms with Crippen molar-refractivity contribution in [3.63, 3.8) is 0 Å². The number of rotatable bonds is 11. The van der Waals surface area contributed by atoms with Crippen LogP contribution in [0.1, 0.15) is 81.8 Å². The number of hydrogen-bond acceptors (Lipinski definition) is 12. The molecule has 0 bridgehead atoms. The van der Waals surface area contributed by atoms with Crippen molar-refractivity contribution in [1.82, 2.24) is 30.6 Å². The van der Waals surface area contributed by atoms with Crippen molar-refractivity contribution in [2.24, 2.45) is 34.5 Å². The van der Waals surface area contributed by atoms with Crippen LogP contribution in [0.4, 0.5) is 17.5 Å². The molecule has 4 aliphatic rings.